The standard InChI is InChI=1S/C23H36N2O3.ClH/c1-18-5-9-20(10-6-18)24-23(26)12-8-19-7-11-21(22(17-19)27-2)28-16-15-25-13-3-4-14-25;/h7,11,17-18,20H,3-6,8-10,12-16H2,1-2H3,(H,24,26);1H/t18-,20-;. The lowest BCUT2D eigenvalue weighted by atomic mass is 9.87. The van der Waals surface area contributed by atoms with Crippen molar-refractivity contribution in [2.45, 2.75) is 64.3 Å². The molecule has 3 rings (SSSR count). The summed E-state index contributed by atoms with van der Waals surface area (Å²) in [5, 5.41) is 3.20. The average molecular weight is 425 g/mol. The normalized spacial score (nSPS) is 22.0. The Morgan fingerprint density at radius 2 is 1.86 bits per heavy atom. The molecule has 2 fully saturated rings. The van der Waals surface area contributed by atoms with Gasteiger partial charge in [0, 0.05) is 19.0 Å². The molecule has 1 aromatic carbocycles. The maximum absolute atomic E-state index is 12.3. The highest BCUT2D eigenvalue weighted by Gasteiger charge is 2.19. The van der Waals surface area contributed by atoms with E-state index < -0.39 is 0 Å². The van der Waals surface area contributed by atoms with Gasteiger partial charge in [0.2, 0.25) is 5.91 Å². The number of hydrogen-bond donors (Lipinski definition) is 1. The van der Waals surface area contributed by atoms with E-state index in [1.807, 2.05) is 18.2 Å². The van der Waals surface area contributed by atoms with Gasteiger partial charge in [-0.3, -0.25) is 9.69 Å². The molecular formula is C23H37ClN2O3. The third-order valence-electron chi connectivity index (χ3n) is 6.11. The molecule has 1 saturated heterocycles. The van der Waals surface area contributed by atoms with Crippen molar-refractivity contribution < 1.29 is 14.3 Å². The minimum Gasteiger partial charge on any atom is -0.493 e. The predicted molar refractivity (Wildman–Crippen MR) is 119 cm³/mol. The maximum atomic E-state index is 12.3. The lowest BCUT2D eigenvalue weighted by Crippen LogP contribution is -2.37. The van der Waals surface area contributed by atoms with E-state index in [2.05, 4.69) is 17.1 Å². The summed E-state index contributed by atoms with van der Waals surface area (Å²) in [6.07, 6.45) is 8.51. The van der Waals surface area contributed by atoms with Crippen LogP contribution in [0.25, 0.3) is 0 Å². The van der Waals surface area contributed by atoms with Crippen LogP contribution >= 0.6 is 12.4 Å². The monoisotopic (exact) mass is 424 g/mol. The molecule has 0 spiro atoms. The molecule has 1 N–H and O–H groups in total. The molecule has 0 bridgehead atoms. The zero-order valence-corrected chi connectivity index (χ0v) is 18.8. The van der Waals surface area contributed by atoms with Crippen LogP contribution < -0.4 is 14.8 Å². The molecule has 29 heavy (non-hydrogen) atoms. The lowest BCUT2D eigenvalue weighted by molar-refractivity contribution is -0.122. The summed E-state index contributed by atoms with van der Waals surface area (Å²) in [5.74, 6) is 2.49. The van der Waals surface area contributed by atoms with Crippen LogP contribution in [0.2, 0.25) is 0 Å². The van der Waals surface area contributed by atoms with E-state index in [9.17, 15) is 4.79 Å². The first-order valence-corrected chi connectivity index (χ1v) is 11.0. The van der Waals surface area contributed by atoms with Gasteiger partial charge in [-0.05, 0) is 81.6 Å². The number of methoxy groups -OCH3 is 1. The number of amides is 1. The van der Waals surface area contributed by atoms with Crippen LogP contribution in [-0.4, -0.2) is 50.2 Å². The van der Waals surface area contributed by atoms with E-state index in [4.69, 9.17) is 9.47 Å². The van der Waals surface area contributed by atoms with E-state index in [1.165, 1.54) is 38.8 Å². The first kappa shape index (κ1) is 23.8. The van der Waals surface area contributed by atoms with Gasteiger partial charge >= 0.3 is 0 Å². The third kappa shape index (κ3) is 7.71. The molecule has 0 aromatic heterocycles. The number of rotatable bonds is 9. The smallest absolute Gasteiger partial charge is 0.220 e. The van der Waals surface area contributed by atoms with Crippen molar-refractivity contribution in [3.05, 3.63) is 23.8 Å². The van der Waals surface area contributed by atoms with Crippen molar-refractivity contribution >= 4 is 18.3 Å². The predicted octanol–water partition coefficient (Wildman–Crippen LogP) is 4.22. The average Bonchev–Trinajstić information content (AvgIpc) is 3.22. The zero-order valence-electron chi connectivity index (χ0n) is 18.0. The summed E-state index contributed by atoms with van der Waals surface area (Å²) < 4.78 is 11.4. The van der Waals surface area contributed by atoms with E-state index in [0.717, 1.165) is 48.8 Å². The van der Waals surface area contributed by atoms with Crippen LogP contribution in [0.5, 0.6) is 11.5 Å². The number of nitrogens with one attached hydrogen (secondary N) is 1. The number of carbonyl (C=O) groups is 1. The molecule has 6 heteroatoms. The number of carbonyl (C=O) groups excluding carboxylic acids is 1. The van der Waals surface area contributed by atoms with Gasteiger partial charge in [0.25, 0.3) is 0 Å². The van der Waals surface area contributed by atoms with Crippen molar-refractivity contribution in [2.24, 2.45) is 5.92 Å². The Balaban J connectivity index is 0.00000300. The van der Waals surface area contributed by atoms with Crippen LogP contribution in [0.4, 0.5) is 0 Å². The van der Waals surface area contributed by atoms with Crippen molar-refractivity contribution in [3.8, 4) is 11.5 Å². The van der Waals surface area contributed by atoms with Gasteiger partial charge in [0.15, 0.2) is 11.5 Å². The Labute approximate surface area is 181 Å². The molecule has 1 aromatic rings. The number of hydrogen-bond acceptors (Lipinski definition) is 4. The summed E-state index contributed by atoms with van der Waals surface area (Å²) in [6.45, 7) is 6.30. The van der Waals surface area contributed by atoms with E-state index in [0.29, 0.717) is 19.1 Å². The second-order valence-electron chi connectivity index (χ2n) is 8.41. The highest BCUT2D eigenvalue weighted by Crippen LogP contribution is 2.29. The van der Waals surface area contributed by atoms with Gasteiger partial charge in [-0.2, -0.15) is 0 Å². The molecule has 0 radical (unpaired) electrons. The van der Waals surface area contributed by atoms with Crippen LogP contribution in [-0.2, 0) is 11.2 Å². The highest BCUT2D eigenvalue weighted by molar-refractivity contribution is 5.85. The van der Waals surface area contributed by atoms with Crippen molar-refractivity contribution in [2.75, 3.05) is 33.4 Å². The van der Waals surface area contributed by atoms with Crippen molar-refractivity contribution in [1.82, 2.24) is 10.2 Å². The molecular weight excluding hydrogens is 388 g/mol. The zero-order chi connectivity index (χ0) is 19.8. The fourth-order valence-electron chi connectivity index (χ4n) is 4.24. The summed E-state index contributed by atoms with van der Waals surface area (Å²) in [6, 6.07) is 6.38. The Bertz CT molecular complexity index is 627. The largest absolute Gasteiger partial charge is 0.493 e. The molecule has 1 aliphatic carbocycles. The summed E-state index contributed by atoms with van der Waals surface area (Å²) in [5.41, 5.74) is 1.11. The fraction of sp³-hybridized carbons (Fsp3) is 0.696. The van der Waals surface area contributed by atoms with Gasteiger partial charge in [-0.1, -0.05) is 13.0 Å². The van der Waals surface area contributed by atoms with Crippen LogP contribution in [0.1, 0.15) is 57.4 Å². The number of nitrogens with zero attached hydrogens (tertiary/aromatic N) is 1. The lowest BCUT2D eigenvalue weighted by Gasteiger charge is -2.26. The Hall–Kier alpha value is -1.46. The topological polar surface area (TPSA) is 50.8 Å². The van der Waals surface area contributed by atoms with E-state index in [-0.39, 0.29) is 18.3 Å². The Morgan fingerprint density at radius 3 is 2.55 bits per heavy atom. The van der Waals surface area contributed by atoms with Gasteiger partial charge in [-0.25, -0.2) is 0 Å². The highest BCUT2D eigenvalue weighted by atomic mass is 35.5. The van der Waals surface area contributed by atoms with E-state index >= 15 is 0 Å². The first-order valence-electron chi connectivity index (χ1n) is 11.0. The van der Waals surface area contributed by atoms with Crippen molar-refractivity contribution in [3.63, 3.8) is 0 Å². The number of likely N-dealkylation sites (tertiary alicyclic amines) is 1. The fourth-order valence-corrected chi connectivity index (χ4v) is 4.24. The first-order chi connectivity index (χ1) is 13.6. The molecule has 1 aliphatic heterocycles. The number of halogens is 1. The van der Waals surface area contributed by atoms with Crippen LogP contribution in [0.3, 0.4) is 0 Å². The molecule has 1 amide bonds. The van der Waals surface area contributed by atoms with Gasteiger partial charge in [0.05, 0.1) is 7.11 Å². The number of aryl methyl sites for hydroxylation is 1. The second-order valence-corrected chi connectivity index (χ2v) is 8.41. The second kappa shape index (κ2) is 12.3. The summed E-state index contributed by atoms with van der Waals surface area (Å²) >= 11 is 0. The SMILES string of the molecule is COc1cc(CCC(=O)N[C@H]2CC[C@H](C)CC2)ccc1OCCN1CCCC1.Cl. The van der Waals surface area contributed by atoms with Gasteiger partial charge in [-0.15, -0.1) is 12.4 Å². The maximum Gasteiger partial charge on any atom is 0.220 e. The minimum absolute atomic E-state index is 0. The van der Waals surface area contributed by atoms with Crippen molar-refractivity contribution in [1.29, 1.82) is 0 Å². The Morgan fingerprint density at radius 1 is 1.14 bits per heavy atom. The molecule has 5 nitrogen and oxygen atoms in total. The number of ether oxygens (including phenoxy) is 2. The molecule has 0 unspecified atom stereocenters. The summed E-state index contributed by atoms with van der Waals surface area (Å²) in [4.78, 5) is 14.7. The number of benzene rings is 1. The van der Waals surface area contributed by atoms with E-state index in [1.54, 1.807) is 7.11 Å². The Kier molecular flexibility index (Phi) is 10.1. The molecule has 0 atom stereocenters. The van der Waals surface area contributed by atoms with Gasteiger partial charge < -0.3 is 14.8 Å². The van der Waals surface area contributed by atoms with Crippen LogP contribution in [0, 0.1) is 5.92 Å². The quantitative estimate of drug-likeness (QED) is 0.644. The molecule has 1 saturated carbocycles. The van der Waals surface area contributed by atoms with Crippen LogP contribution in [0.15, 0.2) is 18.2 Å². The molecule has 1 heterocycles. The summed E-state index contributed by atoms with van der Waals surface area (Å²) in [7, 11) is 1.67. The third-order valence-corrected chi connectivity index (χ3v) is 6.11. The molecule has 164 valence electrons. The minimum atomic E-state index is 0. The van der Waals surface area contributed by atoms with Gasteiger partial charge in [0.1, 0.15) is 6.61 Å². The molecule has 2 aliphatic rings.